The number of carboxylic acids is 1. The number of aromatic carboxylic acids is 1. The summed E-state index contributed by atoms with van der Waals surface area (Å²) in [4.78, 5) is 16.5. The van der Waals surface area contributed by atoms with Crippen molar-refractivity contribution in [2.24, 2.45) is 5.41 Å². The first-order valence-electron chi connectivity index (χ1n) is 11.6. The molecule has 0 radical (unpaired) electrons. The summed E-state index contributed by atoms with van der Waals surface area (Å²) in [5.74, 6) is -0.218. The number of nitrogens with zero attached hydrogens (tertiary/aromatic N) is 4. The Morgan fingerprint density at radius 1 is 1.06 bits per heavy atom. The van der Waals surface area contributed by atoms with Crippen LogP contribution in [0.15, 0.2) is 53.6 Å². The maximum atomic E-state index is 11.6. The summed E-state index contributed by atoms with van der Waals surface area (Å²) < 4.78 is 2.02. The van der Waals surface area contributed by atoms with Gasteiger partial charge in [0.15, 0.2) is 0 Å². The van der Waals surface area contributed by atoms with Gasteiger partial charge in [0.2, 0.25) is 0 Å². The summed E-state index contributed by atoms with van der Waals surface area (Å²) in [5.41, 5.74) is 4.03. The van der Waals surface area contributed by atoms with Gasteiger partial charge in [-0.3, -0.25) is 0 Å². The molecule has 0 aliphatic heterocycles. The van der Waals surface area contributed by atoms with Crippen molar-refractivity contribution in [3.05, 3.63) is 65.5 Å². The number of fused-ring (bicyclic) bond motifs is 1. The van der Waals surface area contributed by atoms with Crippen LogP contribution >= 0.6 is 11.8 Å². The molecule has 4 aromatic rings. The molecule has 2 aromatic heterocycles. The Kier molecular flexibility index (Phi) is 6.85. The van der Waals surface area contributed by atoms with Crippen molar-refractivity contribution in [2.75, 3.05) is 0 Å². The van der Waals surface area contributed by atoms with E-state index in [-0.39, 0.29) is 16.9 Å². The summed E-state index contributed by atoms with van der Waals surface area (Å²) in [6.45, 7) is 11.1. The molecule has 35 heavy (non-hydrogen) atoms. The lowest BCUT2D eigenvalue weighted by atomic mass is 9.92. The molecule has 4 rings (SSSR count). The maximum absolute atomic E-state index is 11.6. The van der Waals surface area contributed by atoms with Gasteiger partial charge < -0.3 is 14.8 Å². The number of thioether (sulfide) groups is 1. The van der Waals surface area contributed by atoms with Crippen LogP contribution in [0.3, 0.4) is 0 Å². The fourth-order valence-electron chi connectivity index (χ4n) is 4.04. The van der Waals surface area contributed by atoms with Crippen molar-refractivity contribution < 1.29 is 15.0 Å². The minimum Gasteiger partial charge on any atom is -0.491 e. The summed E-state index contributed by atoms with van der Waals surface area (Å²) in [7, 11) is 0. The van der Waals surface area contributed by atoms with E-state index in [9.17, 15) is 15.0 Å². The minimum atomic E-state index is -0.951. The highest BCUT2D eigenvalue weighted by molar-refractivity contribution is 8.00. The van der Waals surface area contributed by atoms with Gasteiger partial charge >= 0.3 is 5.97 Å². The number of aromatic hydroxyl groups is 1. The van der Waals surface area contributed by atoms with Crippen molar-refractivity contribution >= 4 is 28.8 Å². The average Bonchev–Trinajstić information content (AvgIpc) is 3.13. The molecular formula is C27H30N4O3S. The van der Waals surface area contributed by atoms with E-state index in [0.29, 0.717) is 33.4 Å². The third-order valence-corrected chi connectivity index (χ3v) is 6.47. The van der Waals surface area contributed by atoms with Crippen LogP contribution in [0.25, 0.3) is 22.2 Å². The third kappa shape index (κ3) is 5.48. The number of imidazole rings is 1. The number of carboxylic acid groups (broad SMARTS) is 1. The highest BCUT2D eigenvalue weighted by atomic mass is 32.2. The molecule has 2 aromatic carbocycles. The Hall–Kier alpha value is -3.39. The van der Waals surface area contributed by atoms with Gasteiger partial charge in [0.1, 0.15) is 21.9 Å². The molecule has 0 unspecified atom stereocenters. The van der Waals surface area contributed by atoms with Crippen molar-refractivity contribution in [3.63, 3.8) is 0 Å². The van der Waals surface area contributed by atoms with E-state index in [1.807, 2.05) is 41.0 Å². The molecule has 8 heteroatoms. The summed E-state index contributed by atoms with van der Waals surface area (Å²) in [6.07, 6.45) is 0.719. The lowest BCUT2D eigenvalue weighted by molar-refractivity contribution is 0.0697. The van der Waals surface area contributed by atoms with E-state index in [0.717, 1.165) is 23.4 Å². The molecule has 0 amide bonds. The van der Waals surface area contributed by atoms with Crippen LogP contribution in [0.1, 0.15) is 56.4 Å². The number of benzene rings is 2. The predicted octanol–water partition coefficient (Wildman–Crippen LogP) is 6.03. The lowest BCUT2D eigenvalue weighted by Crippen LogP contribution is -2.15. The molecule has 2 heterocycles. The van der Waals surface area contributed by atoms with Gasteiger partial charge in [-0.15, -0.1) is 10.2 Å². The molecule has 0 saturated carbocycles. The van der Waals surface area contributed by atoms with Gasteiger partial charge in [0.25, 0.3) is 5.88 Å². The number of carbonyl (C=O) groups is 1. The van der Waals surface area contributed by atoms with Crippen LogP contribution in [-0.2, 0) is 13.0 Å². The van der Waals surface area contributed by atoms with Gasteiger partial charge in [-0.25, -0.2) is 9.78 Å². The second-order valence-corrected chi connectivity index (χ2v) is 11.7. The smallest absolute Gasteiger partial charge is 0.336 e. The van der Waals surface area contributed by atoms with E-state index < -0.39 is 5.97 Å². The van der Waals surface area contributed by atoms with E-state index in [2.05, 4.69) is 44.8 Å². The van der Waals surface area contributed by atoms with Gasteiger partial charge in [0.05, 0.1) is 5.56 Å². The Labute approximate surface area is 209 Å². The van der Waals surface area contributed by atoms with Crippen LogP contribution in [0, 0.1) is 5.41 Å². The predicted molar refractivity (Wildman–Crippen MR) is 139 cm³/mol. The summed E-state index contributed by atoms with van der Waals surface area (Å²) >= 11 is 1.58. The molecule has 182 valence electrons. The van der Waals surface area contributed by atoms with Crippen LogP contribution < -0.4 is 0 Å². The Morgan fingerprint density at radius 3 is 2.37 bits per heavy atom. The maximum Gasteiger partial charge on any atom is 0.336 e. The van der Waals surface area contributed by atoms with Gasteiger partial charge in [0, 0.05) is 18.2 Å². The molecule has 0 aliphatic carbocycles. The number of hydrogen-bond donors (Lipinski definition) is 2. The van der Waals surface area contributed by atoms with Crippen LogP contribution in [-0.4, -0.2) is 41.2 Å². The first-order chi connectivity index (χ1) is 16.5. The van der Waals surface area contributed by atoms with Gasteiger partial charge in [-0.1, -0.05) is 88.8 Å². The summed E-state index contributed by atoms with van der Waals surface area (Å²) in [5, 5.41) is 29.5. The highest BCUT2D eigenvalue weighted by Gasteiger charge is 2.24. The van der Waals surface area contributed by atoms with Crippen molar-refractivity contribution in [3.8, 4) is 17.0 Å². The monoisotopic (exact) mass is 490 g/mol. The lowest BCUT2D eigenvalue weighted by Gasteiger charge is -2.19. The zero-order chi connectivity index (χ0) is 25.3. The van der Waals surface area contributed by atoms with E-state index in [1.165, 1.54) is 0 Å². The van der Waals surface area contributed by atoms with Gasteiger partial charge in [-0.05, 0) is 28.2 Å². The Bertz CT molecular complexity index is 1370. The molecule has 0 bridgehead atoms. The van der Waals surface area contributed by atoms with Crippen molar-refractivity contribution in [2.45, 2.75) is 57.9 Å². The number of aromatic nitrogens is 4. The fourth-order valence-corrected chi connectivity index (χ4v) is 4.83. The second kappa shape index (κ2) is 9.70. The number of rotatable bonds is 7. The molecule has 0 aliphatic rings. The molecule has 0 atom stereocenters. The normalized spacial score (nSPS) is 11.9. The van der Waals surface area contributed by atoms with Crippen molar-refractivity contribution in [1.82, 2.24) is 19.7 Å². The van der Waals surface area contributed by atoms with E-state index in [1.54, 1.807) is 23.9 Å². The molecule has 0 spiro atoms. The minimum absolute atomic E-state index is 0.00858. The molecule has 2 N–H and O–H groups in total. The highest BCUT2D eigenvalue weighted by Crippen LogP contribution is 2.34. The quantitative estimate of drug-likeness (QED) is 0.305. The zero-order valence-electron chi connectivity index (χ0n) is 20.6. The summed E-state index contributed by atoms with van der Waals surface area (Å²) in [6, 6.07) is 14.8. The first-order valence-corrected chi connectivity index (χ1v) is 12.4. The van der Waals surface area contributed by atoms with E-state index >= 15 is 0 Å². The van der Waals surface area contributed by atoms with Crippen LogP contribution in [0.4, 0.5) is 0 Å². The largest absolute Gasteiger partial charge is 0.491 e. The number of hydrogen-bond acceptors (Lipinski definition) is 6. The topological polar surface area (TPSA) is 101 Å². The van der Waals surface area contributed by atoms with Crippen LogP contribution in [0.2, 0.25) is 0 Å². The SMILES string of the molecule is CC(C)Sc1nnc(O)c2c1nc(CC(C)(C)C)n2Cc1ccc(-c2ccccc2C(=O)O)cc1. The molecule has 0 fully saturated rings. The first kappa shape index (κ1) is 24.7. The van der Waals surface area contributed by atoms with Gasteiger partial charge in [-0.2, -0.15) is 0 Å². The molecule has 0 saturated heterocycles. The van der Waals surface area contributed by atoms with Crippen LogP contribution in [0.5, 0.6) is 5.88 Å². The second-order valence-electron chi connectivity index (χ2n) is 10.1. The van der Waals surface area contributed by atoms with Crippen molar-refractivity contribution in [1.29, 1.82) is 0 Å². The third-order valence-electron chi connectivity index (χ3n) is 5.50. The molecular weight excluding hydrogens is 460 g/mol. The molecule has 7 nitrogen and oxygen atoms in total. The Balaban J connectivity index is 1.77. The standard InChI is InChI=1S/C27H30N4O3S/c1-16(2)35-25-22-23(24(32)29-30-25)31(21(28-22)14-27(3,4)5)15-17-10-12-18(13-11-17)19-8-6-7-9-20(19)26(33)34/h6-13,16H,14-15H2,1-5H3,(H,29,32)(H,33,34). The zero-order valence-corrected chi connectivity index (χ0v) is 21.4. The Morgan fingerprint density at radius 2 is 1.74 bits per heavy atom. The average molecular weight is 491 g/mol. The fraction of sp³-hybridized carbons (Fsp3) is 0.333. The van der Waals surface area contributed by atoms with E-state index in [4.69, 9.17) is 4.98 Å².